The number of rotatable bonds is 11. The molecule has 5 heteroatoms. The third-order valence-corrected chi connectivity index (χ3v) is 3.94. The molecule has 0 spiro atoms. The highest BCUT2D eigenvalue weighted by atomic mass is 16.5. The summed E-state index contributed by atoms with van der Waals surface area (Å²) in [6.07, 6.45) is 0.804. The van der Waals surface area contributed by atoms with Gasteiger partial charge in [0.15, 0.2) is 0 Å². The predicted octanol–water partition coefficient (Wildman–Crippen LogP) is 1.39. The van der Waals surface area contributed by atoms with Crippen molar-refractivity contribution in [1.82, 2.24) is 14.7 Å². The standard InChI is InChI=1S/C16H35N3O2/c1-8-16(2,3)15(20)21-14-13-19(7)12-11-18(6)10-9-17(4)5/h8-14H2,1-7H3. The number of likely N-dealkylation sites (N-methyl/N-ethyl adjacent to an activating group) is 3. The van der Waals surface area contributed by atoms with Crippen LogP contribution < -0.4 is 0 Å². The molecular weight excluding hydrogens is 266 g/mol. The summed E-state index contributed by atoms with van der Waals surface area (Å²) in [7, 11) is 8.39. The van der Waals surface area contributed by atoms with Gasteiger partial charge in [0.2, 0.25) is 0 Å². The van der Waals surface area contributed by atoms with Gasteiger partial charge in [-0.1, -0.05) is 6.92 Å². The highest BCUT2D eigenvalue weighted by Crippen LogP contribution is 2.21. The van der Waals surface area contributed by atoms with Crippen LogP contribution in [-0.4, -0.2) is 88.2 Å². The summed E-state index contributed by atoms with van der Waals surface area (Å²) in [4.78, 5) is 18.6. The Bertz CT molecular complexity index is 293. The lowest BCUT2D eigenvalue weighted by Crippen LogP contribution is -2.36. The van der Waals surface area contributed by atoms with E-state index in [2.05, 4.69) is 42.9 Å². The van der Waals surface area contributed by atoms with Gasteiger partial charge in [-0.2, -0.15) is 0 Å². The third-order valence-electron chi connectivity index (χ3n) is 3.94. The molecule has 21 heavy (non-hydrogen) atoms. The van der Waals surface area contributed by atoms with Crippen molar-refractivity contribution in [3.63, 3.8) is 0 Å². The van der Waals surface area contributed by atoms with Crippen molar-refractivity contribution in [3.8, 4) is 0 Å². The maximum atomic E-state index is 11.8. The fourth-order valence-electron chi connectivity index (χ4n) is 1.57. The number of esters is 1. The van der Waals surface area contributed by atoms with Crippen LogP contribution in [0.15, 0.2) is 0 Å². The van der Waals surface area contributed by atoms with Crippen molar-refractivity contribution >= 4 is 5.97 Å². The Balaban J connectivity index is 3.76. The van der Waals surface area contributed by atoms with Gasteiger partial charge >= 0.3 is 5.97 Å². The Labute approximate surface area is 131 Å². The quantitative estimate of drug-likeness (QED) is 0.539. The molecule has 0 aromatic heterocycles. The molecule has 5 nitrogen and oxygen atoms in total. The first kappa shape index (κ1) is 20.3. The van der Waals surface area contributed by atoms with Gasteiger partial charge in [-0.25, -0.2) is 0 Å². The molecule has 0 aromatic carbocycles. The zero-order valence-electron chi connectivity index (χ0n) is 15.1. The lowest BCUT2D eigenvalue weighted by Gasteiger charge is -2.24. The first-order valence-electron chi connectivity index (χ1n) is 7.88. The summed E-state index contributed by atoms with van der Waals surface area (Å²) in [5, 5.41) is 0. The maximum absolute atomic E-state index is 11.8. The van der Waals surface area contributed by atoms with E-state index in [4.69, 9.17) is 4.74 Å². The Kier molecular flexibility index (Phi) is 9.83. The summed E-state index contributed by atoms with van der Waals surface area (Å²) in [6, 6.07) is 0. The zero-order chi connectivity index (χ0) is 16.5. The molecule has 0 radical (unpaired) electrons. The second kappa shape index (κ2) is 10.1. The minimum Gasteiger partial charge on any atom is -0.464 e. The first-order valence-corrected chi connectivity index (χ1v) is 7.88. The lowest BCUT2D eigenvalue weighted by atomic mass is 9.91. The predicted molar refractivity (Wildman–Crippen MR) is 88.6 cm³/mol. The number of nitrogens with zero attached hydrogens (tertiary/aromatic N) is 3. The number of carbonyl (C=O) groups excluding carboxylic acids is 1. The molecule has 0 amide bonds. The molecule has 0 aliphatic heterocycles. The Morgan fingerprint density at radius 1 is 0.905 bits per heavy atom. The highest BCUT2D eigenvalue weighted by molar-refractivity contribution is 5.75. The molecule has 0 heterocycles. The Morgan fingerprint density at radius 2 is 1.38 bits per heavy atom. The van der Waals surface area contributed by atoms with Gasteiger partial charge in [0.25, 0.3) is 0 Å². The molecule has 0 atom stereocenters. The molecule has 0 N–H and O–H groups in total. The van der Waals surface area contributed by atoms with E-state index in [-0.39, 0.29) is 11.4 Å². The molecule has 0 aliphatic rings. The Morgan fingerprint density at radius 3 is 1.86 bits per heavy atom. The monoisotopic (exact) mass is 301 g/mol. The van der Waals surface area contributed by atoms with Gasteiger partial charge in [0.1, 0.15) is 6.61 Å². The number of ether oxygens (including phenoxy) is 1. The van der Waals surface area contributed by atoms with Crippen LogP contribution in [0.25, 0.3) is 0 Å². The van der Waals surface area contributed by atoms with Crippen molar-refractivity contribution in [1.29, 1.82) is 0 Å². The molecule has 0 aromatic rings. The van der Waals surface area contributed by atoms with Crippen molar-refractivity contribution in [2.75, 3.05) is 67.5 Å². The van der Waals surface area contributed by atoms with E-state index >= 15 is 0 Å². The molecular formula is C16H35N3O2. The van der Waals surface area contributed by atoms with E-state index < -0.39 is 0 Å². The van der Waals surface area contributed by atoms with Crippen LogP contribution in [0.3, 0.4) is 0 Å². The normalized spacial score (nSPS) is 12.5. The molecule has 0 unspecified atom stereocenters. The van der Waals surface area contributed by atoms with Crippen LogP contribution in [0, 0.1) is 5.41 Å². The largest absolute Gasteiger partial charge is 0.464 e. The fraction of sp³-hybridized carbons (Fsp3) is 0.938. The molecule has 0 rings (SSSR count). The fourth-order valence-corrected chi connectivity index (χ4v) is 1.57. The Hall–Kier alpha value is -0.650. The maximum Gasteiger partial charge on any atom is 0.311 e. The van der Waals surface area contributed by atoms with Crippen molar-refractivity contribution in [2.24, 2.45) is 5.41 Å². The van der Waals surface area contributed by atoms with Crippen LogP contribution in [0.1, 0.15) is 27.2 Å². The van der Waals surface area contributed by atoms with E-state index in [1.54, 1.807) is 0 Å². The van der Waals surface area contributed by atoms with Crippen molar-refractivity contribution < 1.29 is 9.53 Å². The van der Waals surface area contributed by atoms with Crippen LogP contribution in [0.5, 0.6) is 0 Å². The van der Waals surface area contributed by atoms with Crippen LogP contribution in [-0.2, 0) is 9.53 Å². The number of carbonyl (C=O) groups is 1. The van der Waals surface area contributed by atoms with Gasteiger partial charge in [-0.15, -0.1) is 0 Å². The minimum atomic E-state index is -0.370. The average molecular weight is 301 g/mol. The van der Waals surface area contributed by atoms with Gasteiger partial charge in [0.05, 0.1) is 5.41 Å². The second-order valence-electron chi connectivity index (χ2n) is 6.78. The van der Waals surface area contributed by atoms with E-state index in [0.29, 0.717) is 6.61 Å². The second-order valence-corrected chi connectivity index (χ2v) is 6.78. The van der Waals surface area contributed by atoms with Gasteiger partial charge in [-0.3, -0.25) is 4.79 Å². The summed E-state index contributed by atoms with van der Waals surface area (Å²) < 4.78 is 5.35. The molecule has 0 saturated carbocycles. The molecule has 0 bridgehead atoms. The minimum absolute atomic E-state index is 0.0958. The van der Waals surface area contributed by atoms with Gasteiger partial charge < -0.3 is 19.4 Å². The van der Waals surface area contributed by atoms with Crippen LogP contribution in [0.2, 0.25) is 0 Å². The zero-order valence-corrected chi connectivity index (χ0v) is 15.1. The van der Waals surface area contributed by atoms with Crippen molar-refractivity contribution in [3.05, 3.63) is 0 Å². The van der Waals surface area contributed by atoms with E-state index in [0.717, 1.165) is 39.1 Å². The summed E-state index contributed by atoms with van der Waals surface area (Å²) in [6.45, 7) is 11.3. The third kappa shape index (κ3) is 9.82. The average Bonchev–Trinajstić information content (AvgIpc) is 2.42. The van der Waals surface area contributed by atoms with E-state index in [1.807, 2.05) is 20.8 Å². The highest BCUT2D eigenvalue weighted by Gasteiger charge is 2.26. The van der Waals surface area contributed by atoms with E-state index in [9.17, 15) is 4.79 Å². The van der Waals surface area contributed by atoms with Gasteiger partial charge in [0, 0.05) is 32.7 Å². The SMILES string of the molecule is CCC(C)(C)C(=O)OCCN(C)CCN(C)CCN(C)C. The smallest absolute Gasteiger partial charge is 0.311 e. The number of hydrogen-bond acceptors (Lipinski definition) is 5. The number of hydrogen-bond donors (Lipinski definition) is 0. The van der Waals surface area contributed by atoms with E-state index in [1.165, 1.54) is 0 Å². The first-order chi connectivity index (χ1) is 9.69. The molecule has 126 valence electrons. The van der Waals surface area contributed by atoms with Gasteiger partial charge in [-0.05, 0) is 48.5 Å². The van der Waals surface area contributed by atoms with Crippen LogP contribution in [0.4, 0.5) is 0 Å². The van der Waals surface area contributed by atoms with Crippen LogP contribution >= 0.6 is 0 Å². The molecule has 0 aliphatic carbocycles. The summed E-state index contributed by atoms with van der Waals surface area (Å²) in [5.41, 5.74) is -0.370. The molecule has 0 saturated heterocycles. The topological polar surface area (TPSA) is 36.0 Å². The molecule has 0 fully saturated rings. The summed E-state index contributed by atoms with van der Waals surface area (Å²) in [5.74, 6) is -0.0958. The summed E-state index contributed by atoms with van der Waals surface area (Å²) >= 11 is 0. The lowest BCUT2D eigenvalue weighted by molar-refractivity contribution is -0.154. The van der Waals surface area contributed by atoms with Crippen molar-refractivity contribution in [2.45, 2.75) is 27.2 Å².